The summed E-state index contributed by atoms with van der Waals surface area (Å²) in [6, 6.07) is 16.8. The number of rotatable bonds is 7. The zero-order chi connectivity index (χ0) is 19.9. The minimum atomic E-state index is -0.576. The van der Waals surface area contributed by atoms with Crippen LogP contribution in [0.1, 0.15) is 59.4 Å². The molecule has 0 N–H and O–H groups in total. The van der Waals surface area contributed by atoms with E-state index in [9.17, 15) is 14.4 Å². The van der Waals surface area contributed by atoms with Crippen LogP contribution in [-0.2, 0) is 10.2 Å². The van der Waals surface area contributed by atoms with Gasteiger partial charge in [-0.15, -0.1) is 0 Å². The molecule has 1 saturated carbocycles. The number of Topliss-reactive ketones (excluding diaryl/α,β-unsaturated/α-hetero) is 1. The number of fused-ring (bicyclic) bond motifs is 1. The van der Waals surface area contributed by atoms with Gasteiger partial charge in [0, 0.05) is 12.5 Å². The minimum Gasteiger partial charge on any atom is -0.298 e. The van der Waals surface area contributed by atoms with Crippen LogP contribution in [0.4, 0.5) is 0 Å². The Balaban J connectivity index is 1.63. The topological polar surface area (TPSA) is 54.5 Å². The lowest BCUT2D eigenvalue weighted by molar-refractivity contribution is -0.126. The molecule has 2 atom stereocenters. The fourth-order valence-electron chi connectivity index (χ4n) is 4.73. The van der Waals surface area contributed by atoms with Gasteiger partial charge >= 0.3 is 0 Å². The van der Waals surface area contributed by atoms with Crippen molar-refractivity contribution in [2.75, 3.05) is 6.54 Å². The smallest absolute Gasteiger partial charge is 0.261 e. The highest BCUT2D eigenvalue weighted by Gasteiger charge is 2.62. The Hall–Kier alpha value is -2.75. The van der Waals surface area contributed by atoms with Gasteiger partial charge in [0.25, 0.3) is 11.8 Å². The molecule has 0 aromatic heterocycles. The normalized spacial score (nSPS) is 23.2. The lowest BCUT2D eigenvalue weighted by atomic mass is 9.80. The number of nitrogens with zero attached hydrogens (tertiary/aromatic N) is 1. The Morgan fingerprint density at radius 3 is 2.04 bits per heavy atom. The van der Waals surface area contributed by atoms with Crippen molar-refractivity contribution < 1.29 is 14.4 Å². The molecule has 4 heteroatoms. The molecule has 1 heterocycles. The van der Waals surface area contributed by atoms with Gasteiger partial charge in [-0.25, -0.2) is 0 Å². The molecule has 4 rings (SSSR count). The summed E-state index contributed by atoms with van der Waals surface area (Å²) in [5.41, 5.74) is 1.36. The first-order chi connectivity index (χ1) is 13.5. The molecule has 0 radical (unpaired) electrons. The summed E-state index contributed by atoms with van der Waals surface area (Å²) in [6.07, 6.45) is 2.31. The summed E-state index contributed by atoms with van der Waals surface area (Å²) in [6.45, 7) is 4.39. The quantitative estimate of drug-likeness (QED) is 0.680. The SMILES string of the molecule is CCC(CC)C(=O)[C@@]1(c2ccccc2)C[C@H]1CN1C(=O)c2ccccc2C1=O. The van der Waals surface area contributed by atoms with E-state index < -0.39 is 5.41 Å². The van der Waals surface area contributed by atoms with Gasteiger partial charge in [-0.1, -0.05) is 56.3 Å². The van der Waals surface area contributed by atoms with E-state index in [0.717, 1.165) is 18.4 Å². The van der Waals surface area contributed by atoms with Crippen molar-refractivity contribution >= 4 is 17.6 Å². The molecule has 1 aliphatic heterocycles. The van der Waals surface area contributed by atoms with Crippen LogP contribution >= 0.6 is 0 Å². The minimum absolute atomic E-state index is 0.00684. The highest BCUT2D eigenvalue weighted by atomic mass is 16.2. The van der Waals surface area contributed by atoms with E-state index >= 15 is 0 Å². The number of hydrogen-bond acceptors (Lipinski definition) is 3. The van der Waals surface area contributed by atoms with E-state index in [1.807, 2.05) is 44.2 Å². The highest BCUT2D eigenvalue weighted by molar-refractivity contribution is 6.21. The summed E-state index contributed by atoms with van der Waals surface area (Å²) >= 11 is 0. The van der Waals surface area contributed by atoms with Crippen LogP contribution in [0.25, 0.3) is 0 Å². The highest BCUT2D eigenvalue weighted by Crippen LogP contribution is 2.57. The summed E-state index contributed by atoms with van der Waals surface area (Å²) in [5, 5.41) is 0. The molecule has 2 amide bonds. The van der Waals surface area contributed by atoms with Crippen LogP contribution in [0.5, 0.6) is 0 Å². The van der Waals surface area contributed by atoms with Crippen LogP contribution in [-0.4, -0.2) is 29.0 Å². The zero-order valence-electron chi connectivity index (χ0n) is 16.4. The molecule has 0 saturated heterocycles. The second kappa shape index (κ2) is 7.01. The molecule has 2 aromatic rings. The molecule has 4 nitrogen and oxygen atoms in total. The van der Waals surface area contributed by atoms with E-state index in [0.29, 0.717) is 24.1 Å². The van der Waals surface area contributed by atoms with E-state index in [1.165, 1.54) is 4.90 Å². The van der Waals surface area contributed by atoms with Crippen molar-refractivity contribution in [3.63, 3.8) is 0 Å². The van der Waals surface area contributed by atoms with Gasteiger partial charge < -0.3 is 0 Å². The number of carbonyl (C=O) groups is 3. The van der Waals surface area contributed by atoms with E-state index in [2.05, 4.69) is 0 Å². The lowest BCUT2D eigenvalue weighted by Crippen LogP contribution is -2.36. The largest absolute Gasteiger partial charge is 0.298 e. The van der Waals surface area contributed by atoms with Crippen LogP contribution < -0.4 is 0 Å². The Morgan fingerprint density at radius 2 is 1.50 bits per heavy atom. The second-order valence-electron chi connectivity index (χ2n) is 7.88. The fourth-order valence-corrected chi connectivity index (χ4v) is 4.73. The maximum atomic E-state index is 13.5. The number of benzene rings is 2. The molecule has 0 bridgehead atoms. The van der Waals surface area contributed by atoms with Gasteiger partial charge in [0.2, 0.25) is 0 Å². The number of carbonyl (C=O) groups excluding carboxylic acids is 3. The van der Waals surface area contributed by atoms with Crippen molar-refractivity contribution in [3.8, 4) is 0 Å². The van der Waals surface area contributed by atoms with Crippen LogP contribution in [0, 0.1) is 11.8 Å². The van der Waals surface area contributed by atoms with E-state index in [-0.39, 0.29) is 29.4 Å². The van der Waals surface area contributed by atoms with Crippen molar-refractivity contribution in [3.05, 3.63) is 71.3 Å². The molecular formula is C24H25NO3. The molecule has 1 aliphatic carbocycles. The van der Waals surface area contributed by atoms with Crippen LogP contribution in [0.15, 0.2) is 54.6 Å². The summed E-state index contributed by atoms with van der Waals surface area (Å²) < 4.78 is 0. The van der Waals surface area contributed by atoms with E-state index in [4.69, 9.17) is 0 Å². The van der Waals surface area contributed by atoms with Gasteiger partial charge in [0.05, 0.1) is 16.5 Å². The monoisotopic (exact) mass is 375 g/mol. The van der Waals surface area contributed by atoms with Crippen molar-refractivity contribution in [1.29, 1.82) is 0 Å². The summed E-state index contributed by atoms with van der Waals surface area (Å²) in [7, 11) is 0. The van der Waals surface area contributed by atoms with Crippen molar-refractivity contribution in [1.82, 2.24) is 4.90 Å². The molecule has 2 aliphatic rings. The van der Waals surface area contributed by atoms with Crippen molar-refractivity contribution in [2.45, 2.75) is 38.5 Å². The Kier molecular flexibility index (Phi) is 4.66. The van der Waals surface area contributed by atoms with E-state index in [1.54, 1.807) is 24.3 Å². The number of hydrogen-bond donors (Lipinski definition) is 0. The Morgan fingerprint density at radius 1 is 0.964 bits per heavy atom. The van der Waals surface area contributed by atoms with Crippen LogP contribution in [0.2, 0.25) is 0 Å². The number of ketones is 1. The van der Waals surface area contributed by atoms with Crippen molar-refractivity contribution in [2.24, 2.45) is 11.8 Å². The number of imide groups is 1. The average Bonchev–Trinajstić information content (AvgIpc) is 3.42. The zero-order valence-corrected chi connectivity index (χ0v) is 16.4. The average molecular weight is 375 g/mol. The predicted molar refractivity (Wildman–Crippen MR) is 107 cm³/mol. The second-order valence-corrected chi connectivity index (χ2v) is 7.88. The van der Waals surface area contributed by atoms with Gasteiger partial charge in [0.15, 0.2) is 0 Å². The molecular weight excluding hydrogens is 350 g/mol. The Bertz CT molecular complexity index is 897. The standard InChI is InChI=1S/C24H25NO3/c1-3-16(4-2)21(26)24(17-10-6-5-7-11-17)14-18(24)15-25-22(27)19-12-8-9-13-20(19)23(25)28/h5-13,16,18H,3-4,14-15H2,1-2H3/t18-,24+/m0/s1. The maximum absolute atomic E-state index is 13.5. The first-order valence-electron chi connectivity index (χ1n) is 10.1. The third-order valence-corrected chi connectivity index (χ3v) is 6.47. The third kappa shape index (κ3) is 2.70. The van der Waals surface area contributed by atoms with Gasteiger partial charge in [0.1, 0.15) is 5.78 Å². The molecule has 0 spiro atoms. The summed E-state index contributed by atoms with van der Waals surface area (Å²) in [4.78, 5) is 40.3. The van der Waals surface area contributed by atoms with Gasteiger partial charge in [-0.05, 0) is 42.9 Å². The first-order valence-corrected chi connectivity index (χ1v) is 10.1. The summed E-state index contributed by atoms with van der Waals surface area (Å²) in [5.74, 6) is -0.253. The molecule has 1 fully saturated rings. The molecule has 144 valence electrons. The number of amides is 2. The molecule has 0 unspecified atom stereocenters. The first kappa shape index (κ1) is 18.6. The maximum Gasteiger partial charge on any atom is 0.261 e. The fraction of sp³-hybridized carbons (Fsp3) is 0.375. The van der Waals surface area contributed by atoms with Crippen LogP contribution in [0.3, 0.4) is 0 Å². The van der Waals surface area contributed by atoms with Gasteiger partial charge in [-0.2, -0.15) is 0 Å². The third-order valence-electron chi connectivity index (χ3n) is 6.47. The lowest BCUT2D eigenvalue weighted by Gasteiger charge is -2.24. The van der Waals surface area contributed by atoms with Gasteiger partial charge in [-0.3, -0.25) is 19.3 Å². The molecule has 28 heavy (non-hydrogen) atoms. The Labute approximate surface area is 165 Å². The molecule has 2 aromatic carbocycles. The predicted octanol–water partition coefficient (Wildman–Crippen LogP) is 4.25.